The van der Waals surface area contributed by atoms with Crippen molar-refractivity contribution in [3.63, 3.8) is 0 Å². The van der Waals surface area contributed by atoms with Crippen LogP contribution in [-0.4, -0.2) is 142 Å². The van der Waals surface area contributed by atoms with Crippen LogP contribution in [0, 0.1) is 30.5 Å². The quantitative estimate of drug-likeness (QED) is 0.0131. The molecular weight excluding hydrogens is 1170 g/mol. The summed E-state index contributed by atoms with van der Waals surface area (Å²) in [5.41, 5.74) is 9.82. The first-order valence-corrected chi connectivity index (χ1v) is 30.8. The van der Waals surface area contributed by atoms with Crippen molar-refractivity contribution in [2.24, 2.45) is 11.7 Å². The standard InChI is InChI=1S/C62H72FN13O10S2/c1-6-76(7-2,37-41-20-23-42(24-21-41)66-57(80)46(17-10-29-65-60(64)84)67-58(81)53(38(3)4)69-50(77)28-34-85-35-31-74-51(78)26-27-52(74)79)32-12-14-40-22-25-47(44(63)36-40)86-33-13-19-49-54(59(82)83)70-62(88-49)75-30-11-15-43-39(5)55(72-73-56(43)75)71-61-68-45-16-8-9-18-48(45)87-61/h8-9,16,18,20-27,36,38,46,53H,6-7,10-11,13,15,17,19,28-35,37H2,1-5H3,(H7-,64,65,66,67,68,69,71,72,77,80,81,82,83,84)/t46-,53-/m0/s1. The smallest absolute Gasteiger partial charge is 0.312 e. The van der Waals surface area contributed by atoms with Gasteiger partial charge in [-0.1, -0.05) is 55.4 Å². The Morgan fingerprint density at radius 2 is 1.67 bits per heavy atom. The van der Waals surface area contributed by atoms with Gasteiger partial charge in [0, 0.05) is 64.5 Å². The summed E-state index contributed by atoms with van der Waals surface area (Å²) >= 11 is 2.78. The number of carboxylic acid groups (broad SMARTS) is 1. The minimum absolute atomic E-state index is 0.0248. The van der Waals surface area contributed by atoms with Gasteiger partial charge in [0.2, 0.25) is 17.7 Å². The Kier molecular flexibility index (Phi) is 22.7. The first kappa shape index (κ1) is 65.1. The zero-order chi connectivity index (χ0) is 62.9. The van der Waals surface area contributed by atoms with Gasteiger partial charge in [0.15, 0.2) is 33.5 Å². The number of para-hydroxylation sites is 1. The van der Waals surface area contributed by atoms with E-state index < -0.39 is 59.4 Å². The Morgan fingerprint density at radius 3 is 2.38 bits per heavy atom. The average molecular weight is 1240 g/mol. The largest absolute Gasteiger partial charge is 0.543 e. The van der Waals surface area contributed by atoms with Crippen molar-refractivity contribution in [3.05, 3.63) is 118 Å². The van der Waals surface area contributed by atoms with Crippen molar-refractivity contribution in [2.75, 3.05) is 74.6 Å². The summed E-state index contributed by atoms with van der Waals surface area (Å²) in [4.78, 5) is 100. The molecule has 0 fully saturated rings. The molecule has 0 bridgehead atoms. The van der Waals surface area contributed by atoms with Gasteiger partial charge in [0.1, 0.15) is 30.9 Å². The molecule has 6 aromatic rings. The molecule has 0 aliphatic carbocycles. The summed E-state index contributed by atoms with van der Waals surface area (Å²) < 4.78 is 28.4. The van der Waals surface area contributed by atoms with Crippen molar-refractivity contribution >= 4 is 102 Å². The number of imide groups is 1. The molecule has 23 nitrogen and oxygen atoms in total. The number of aromatic nitrogens is 4. The number of benzene rings is 3. The number of carbonyl (C=O) groups is 7. The molecule has 7 N–H and O–H groups in total. The molecule has 8 rings (SSSR count). The van der Waals surface area contributed by atoms with Crippen LogP contribution in [-0.2, 0) is 48.1 Å². The predicted octanol–water partition coefficient (Wildman–Crippen LogP) is 5.95. The van der Waals surface area contributed by atoms with Crippen molar-refractivity contribution in [1.29, 1.82) is 0 Å². The fourth-order valence-electron chi connectivity index (χ4n) is 10.1. The lowest BCUT2D eigenvalue weighted by Gasteiger charge is -2.35. The van der Waals surface area contributed by atoms with E-state index in [1.54, 1.807) is 32.0 Å². The molecule has 5 heterocycles. The van der Waals surface area contributed by atoms with E-state index in [0.717, 1.165) is 57.7 Å². The van der Waals surface area contributed by atoms with E-state index in [4.69, 9.17) is 15.2 Å². The Bertz CT molecular complexity index is 3570. The Balaban J connectivity index is 0.811. The van der Waals surface area contributed by atoms with Crippen LogP contribution in [0.1, 0.15) is 97.4 Å². The van der Waals surface area contributed by atoms with E-state index in [2.05, 4.69) is 72.4 Å². The molecule has 3 aromatic carbocycles. The van der Waals surface area contributed by atoms with Gasteiger partial charge in [-0.2, -0.15) is 0 Å². The van der Waals surface area contributed by atoms with E-state index in [-0.39, 0.29) is 63.1 Å². The van der Waals surface area contributed by atoms with Crippen LogP contribution < -0.4 is 47.1 Å². The Hall–Kier alpha value is -8.90. The van der Waals surface area contributed by atoms with Gasteiger partial charge in [-0.25, -0.2) is 19.2 Å². The third kappa shape index (κ3) is 17.2. The molecule has 464 valence electrons. The van der Waals surface area contributed by atoms with Gasteiger partial charge >= 0.3 is 6.03 Å². The maximum Gasteiger partial charge on any atom is 0.312 e. The number of hydrogen-bond donors (Lipinski definition) is 6. The highest BCUT2D eigenvalue weighted by molar-refractivity contribution is 7.22. The number of aryl methyl sites for hydroxylation is 1. The number of hydrogen-bond acceptors (Lipinski definition) is 18. The number of halogens is 1. The first-order valence-electron chi connectivity index (χ1n) is 29.2. The lowest BCUT2D eigenvalue weighted by molar-refractivity contribution is -0.931. The number of quaternary nitrogens is 1. The fourth-order valence-corrected chi connectivity index (χ4v) is 12.0. The molecule has 7 amide bonds. The number of nitrogens with zero attached hydrogens (tertiary/aromatic N) is 7. The number of carboxylic acids is 1. The average Bonchev–Trinajstić information content (AvgIpc) is 1.61. The van der Waals surface area contributed by atoms with Gasteiger partial charge in [0.05, 0.1) is 55.6 Å². The summed E-state index contributed by atoms with van der Waals surface area (Å²) in [7, 11) is 0. The Labute approximate surface area is 517 Å². The zero-order valence-corrected chi connectivity index (χ0v) is 51.4. The Morgan fingerprint density at radius 1 is 0.909 bits per heavy atom. The van der Waals surface area contributed by atoms with Crippen LogP contribution in [0.4, 0.5) is 36.8 Å². The van der Waals surface area contributed by atoms with Gasteiger partial charge in [-0.15, -0.1) is 21.5 Å². The molecule has 0 saturated carbocycles. The molecule has 0 radical (unpaired) electrons. The molecule has 2 atom stereocenters. The summed E-state index contributed by atoms with van der Waals surface area (Å²) in [5.74, 6) is 2.84. The molecule has 3 aromatic heterocycles. The fraction of sp³-hybridized carbons (Fsp3) is 0.403. The number of carbonyl (C=O) groups excluding carboxylic acids is 7. The number of amides is 7. The summed E-state index contributed by atoms with van der Waals surface area (Å²) in [5, 5.41) is 36.8. The topological polar surface area (TPSA) is 305 Å². The monoisotopic (exact) mass is 1240 g/mol. The normalized spacial score (nSPS) is 13.6. The summed E-state index contributed by atoms with van der Waals surface area (Å²) in [6.45, 7) is 13.1. The number of thiazole rings is 2. The number of nitrogens with two attached hydrogens (primary N) is 1. The zero-order valence-electron chi connectivity index (χ0n) is 49.7. The highest BCUT2D eigenvalue weighted by Gasteiger charge is 2.31. The van der Waals surface area contributed by atoms with Crippen LogP contribution in [0.25, 0.3) is 10.2 Å². The van der Waals surface area contributed by atoms with E-state index in [1.165, 1.54) is 47.0 Å². The molecule has 0 spiro atoms. The van der Waals surface area contributed by atoms with Crippen LogP contribution in [0.15, 0.2) is 78.9 Å². The van der Waals surface area contributed by atoms with E-state index in [9.17, 15) is 38.7 Å². The number of nitrogens with one attached hydrogen (secondary N) is 5. The van der Waals surface area contributed by atoms with Gasteiger partial charge in [-0.05, 0) is 114 Å². The first-order chi connectivity index (χ1) is 42.3. The molecule has 0 unspecified atom stereocenters. The predicted molar refractivity (Wildman–Crippen MR) is 330 cm³/mol. The van der Waals surface area contributed by atoms with Crippen molar-refractivity contribution in [2.45, 2.75) is 98.2 Å². The summed E-state index contributed by atoms with van der Waals surface area (Å²) in [6.07, 6.45) is 4.92. The van der Waals surface area contributed by atoms with Crippen molar-refractivity contribution < 1.29 is 57.0 Å². The van der Waals surface area contributed by atoms with E-state index in [0.29, 0.717) is 81.4 Å². The number of fused-ring (bicyclic) bond motifs is 2. The lowest BCUT2D eigenvalue weighted by atomic mass is 10.0. The second kappa shape index (κ2) is 30.6. The van der Waals surface area contributed by atoms with Crippen LogP contribution in [0.2, 0.25) is 0 Å². The van der Waals surface area contributed by atoms with Crippen molar-refractivity contribution in [3.8, 4) is 17.6 Å². The number of ether oxygens (including phenoxy) is 2. The lowest BCUT2D eigenvalue weighted by Crippen LogP contribution is -2.54. The molecule has 2 aliphatic rings. The highest BCUT2D eigenvalue weighted by atomic mass is 32.1. The number of urea groups is 1. The SMILES string of the molecule is CC[N+](CC)(CC#Cc1ccc(OCCCc2sc(N3CCCc4c3nnc(Nc3nc5ccccc5s3)c4C)nc2C(=O)[O-])c(F)c1)Cc1ccc(NC(=O)[C@H](CCCNC(N)=O)NC(=O)[C@@H](NC(=O)CCOCCN2C(=O)C=CC2=O)C(C)C)cc1. The molecule has 2 aliphatic heterocycles. The second-order valence-corrected chi connectivity index (χ2v) is 23.7. The number of anilines is 5. The third-order valence-electron chi connectivity index (χ3n) is 15.2. The number of rotatable bonds is 30. The van der Waals surface area contributed by atoms with Gasteiger partial charge in [0.25, 0.3) is 11.8 Å². The highest BCUT2D eigenvalue weighted by Crippen LogP contribution is 2.39. The van der Waals surface area contributed by atoms with Gasteiger partial charge < -0.3 is 61.1 Å². The molecule has 0 saturated heterocycles. The van der Waals surface area contributed by atoms with Crippen LogP contribution in [0.3, 0.4) is 0 Å². The number of primary amides is 1. The number of aromatic carboxylic acids is 1. The van der Waals surface area contributed by atoms with Crippen molar-refractivity contribution in [1.82, 2.24) is 41.0 Å². The molecule has 26 heteroatoms. The maximum absolute atomic E-state index is 15.5. The van der Waals surface area contributed by atoms with Crippen LogP contribution in [0.5, 0.6) is 5.75 Å². The van der Waals surface area contributed by atoms with E-state index >= 15 is 4.39 Å². The minimum atomic E-state index is -1.39. The summed E-state index contributed by atoms with van der Waals surface area (Å²) in [6, 6.07) is 17.0. The molecule has 88 heavy (non-hydrogen) atoms. The minimum Gasteiger partial charge on any atom is -0.543 e. The molecular formula is C62H72FN13O10S2. The van der Waals surface area contributed by atoms with Crippen LogP contribution >= 0.6 is 22.7 Å². The second-order valence-electron chi connectivity index (χ2n) is 21.6. The van der Waals surface area contributed by atoms with Gasteiger partial charge in [-0.3, -0.25) is 28.9 Å². The van der Waals surface area contributed by atoms with E-state index in [1.807, 2.05) is 48.2 Å². The third-order valence-corrected chi connectivity index (χ3v) is 17.3. The maximum atomic E-state index is 15.5.